The van der Waals surface area contributed by atoms with E-state index in [0.717, 1.165) is 57.2 Å². The highest BCUT2D eigenvalue weighted by Crippen LogP contribution is 2.31. The number of carbonyl (C=O) groups is 1. The van der Waals surface area contributed by atoms with Gasteiger partial charge in [-0.2, -0.15) is 10.1 Å². The minimum Gasteiger partial charge on any atom is -0.326 e. The van der Waals surface area contributed by atoms with E-state index in [4.69, 9.17) is 10.7 Å². The van der Waals surface area contributed by atoms with Gasteiger partial charge in [-0.05, 0) is 56.0 Å². The summed E-state index contributed by atoms with van der Waals surface area (Å²) in [4.78, 5) is 18.8. The summed E-state index contributed by atoms with van der Waals surface area (Å²) in [5.41, 5.74) is 8.52. The monoisotopic (exact) mass is 437 g/mol. The van der Waals surface area contributed by atoms with Crippen molar-refractivity contribution < 1.29 is 9.69 Å². The van der Waals surface area contributed by atoms with Gasteiger partial charge in [0, 0.05) is 34.8 Å². The van der Waals surface area contributed by atoms with Crippen LogP contribution in [0.3, 0.4) is 0 Å². The fourth-order valence-electron chi connectivity index (χ4n) is 3.48. The Bertz CT molecular complexity index is 1080. The summed E-state index contributed by atoms with van der Waals surface area (Å²) in [5.74, 6) is 2.99. The van der Waals surface area contributed by atoms with E-state index >= 15 is 0 Å². The molecule has 5 rings (SSSR count). The maximum atomic E-state index is 11.9. The van der Waals surface area contributed by atoms with Crippen LogP contribution in [0.1, 0.15) is 18.5 Å². The lowest BCUT2D eigenvalue weighted by Crippen LogP contribution is -3.10. The van der Waals surface area contributed by atoms with Crippen LogP contribution in [-0.4, -0.2) is 39.3 Å². The third kappa shape index (κ3) is 4.50. The molecule has 2 aromatic rings. The third-order valence-corrected chi connectivity index (χ3v) is 6.19. The fourth-order valence-corrected chi connectivity index (χ4v) is 4.36. The van der Waals surface area contributed by atoms with Crippen molar-refractivity contribution in [2.45, 2.75) is 24.7 Å². The largest absolute Gasteiger partial charge is 0.326 e. The van der Waals surface area contributed by atoms with Crippen LogP contribution >= 0.6 is 11.9 Å². The van der Waals surface area contributed by atoms with Gasteiger partial charge in [0.25, 0.3) is 0 Å². The predicted molar refractivity (Wildman–Crippen MR) is 121 cm³/mol. The zero-order chi connectivity index (χ0) is 21.4. The van der Waals surface area contributed by atoms with Crippen molar-refractivity contribution in [3.05, 3.63) is 59.9 Å². The molecule has 0 radical (unpaired) electrons. The number of benzene rings is 1. The van der Waals surface area contributed by atoms with Crippen LogP contribution in [0.5, 0.6) is 0 Å². The molecule has 1 aromatic carbocycles. The number of amidine groups is 1. The van der Waals surface area contributed by atoms with Crippen LogP contribution in [0.25, 0.3) is 0 Å². The third-order valence-electron chi connectivity index (χ3n) is 5.24. The number of quaternary nitrogens is 1. The molecule has 1 aliphatic carbocycles. The second kappa shape index (κ2) is 8.22. The Morgan fingerprint density at radius 1 is 1.35 bits per heavy atom. The summed E-state index contributed by atoms with van der Waals surface area (Å²) >= 11 is 1.62. The van der Waals surface area contributed by atoms with Gasteiger partial charge in [-0.15, -0.1) is 0 Å². The molecule has 160 valence electrons. The number of fused-ring (bicyclic) bond motifs is 1. The molecule has 9 nitrogen and oxygen atoms in total. The molecular weight excluding hydrogens is 412 g/mol. The summed E-state index contributed by atoms with van der Waals surface area (Å²) in [6.45, 7) is 3.04. The number of hydrogen-bond acceptors (Lipinski definition) is 7. The number of anilines is 2. The van der Waals surface area contributed by atoms with Crippen LogP contribution in [0.15, 0.2) is 64.1 Å². The van der Waals surface area contributed by atoms with E-state index in [9.17, 15) is 4.79 Å². The van der Waals surface area contributed by atoms with Crippen LogP contribution in [-0.2, 0) is 4.79 Å². The molecule has 0 spiro atoms. The molecule has 1 unspecified atom stereocenters. The van der Waals surface area contributed by atoms with Crippen LogP contribution < -0.4 is 21.3 Å². The lowest BCUT2D eigenvalue weighted by molar-refractivity contribution is -0.700. The van der Waals surface area contributed by atoms with Gasteiger partial charge in [0.1, 0.15) is 18.4 Å². The zero-order valence-corrected chi connectivity index (χ0v) is 18.0. The number of nitrogens with two attached hydrogens (primary N) is 1. The SMILES string of the molecule is Cc1cc(NC2=CN(Sc3ccc(NC(=O)C4CC4)cc3)CC3=NC(CN)=C[NH+]23)n[nH]1. The highest BCUT2D eigenvalue weighted by atomic mass is 32.2. The Morgan fingerprint density at radius 2 is 2.16 bits per heavy atom. The molecule has 1 amide bonds. The standard InChI is InChI=1S/C21H24N8OS/c1-13-8-18(27-26-13)25-20-12-28(11-19-23-16(9-22)10-29(19)20)31-17-6-4-15(5-7-17)24-21(30)14-2-3-14/h4-8,10,12,14H,2-3,9,11,22H2,1H3,(H,24,30)(H2,25,26,27)/p+1. The highest BCUT2D eigenvalue weighted by molar-refractivity contribution is 7.97. The molecular formula is C21H25N8OS+. The Hall–Kier alpha value is -3.08. The summed E-state index contributed by atoms with van der Waals surface area (Å²) in [7, 11) is 0. The molecule has 0 saturated heterocycles. The minimum atomic E-state index is 0.120. The smallest absolute Gasteiger partial charge is 0.233 e. The molecule has 3 heterocycles. The number of amides is 1. The van der Waals surface area contributed by atoms with E-state index in [1.54, 1.807) is 11.9 Å². The zero-order valence-electron chi connectivity index (χ0n) is 17.2. The molecule has 1 fully saturated rings. The van der Waals surface area contributed by atoms with Gasteiger partial charge in [-0.25, -0.2) is 4.90 Å². The molecule has 10 heteroatoms. The van der Waals surface area contributed by atoms with E-state index in [0.29, 0.717) is 13.1 Å². The van der Waals surface area contributed by atoms with Crippen molar-refractivity contribution >= 4 is 35.2 Å². The Kier molecular flexibility index (Phi) is 5.26. The minimum absolute atomic E-state index is 0.120. The van der Waals surface area contributed by atoms with Crippen molar-refractivity contribution in [2.75, 3.05) is 23.7 Å². The maximum Gasteiger partial charge on any atom is 0.233 e. The first kappa shape index (κ1) is 19.9. The number of aliphatic imine (C=N–C) groups is 1. The predicted octanol–water partition coefficient (Wildman–Crippen LogP) is 1.40. The number of rotatable bonds is 7. The van der Waals surface area contributed by atoms with E-state index in [-0.39, 0.29) is 11.8 Å². The van der Waals surface area contributed by atoms with E-state index in [1.165, 1.54) is 0 Å². The number of carbonyl (C=O) groups excluding carboxylic acids is 1. The number of aromatic amines is 1. The van der Waals surface area contributed by atoms with Crippen molar-refractivity contribution in [2.24, 2.45) is 16.6 Å². The summed E-state index contributed by atoms with van der Waals surface area (Å²) in [6, 6.07) is 9.89. The summed E-state index contributed by atoms with van der Waals surface area (Å²) < 4.78 is 2.13. The molecule has 3 aliphatic rings. The lowest BCUT2D eigenvalue weighted by atomic mass is 10.3. The van der Waals surface area contributed by atoms with Crippen molar-refractivity contribution in [1.82, 2.24) is 14.5 Å². The second-order valence-electron chi connectivity index (χ2n) is 7.87. The first-order valence-electron chi connectivity index (χ1n) is 10.3. The number of aryl methyl sites for hydroxylation is 1. The number of aromatic nitrogens is 2. The lowest BCUT2D eigenvalue weighted by Gasteiger charge is -2.27. The number of nitrogens with zero attached hydrogens (tertiary/aromatic N) is 3. The van der Waals surface area contributed by atoms with Gasteiger partial charge in [0.15, 0.2) is 5.82 Å². The fraction of sp³-hybridized carbons (Fsp3) is 0.286. The molecule has 1 aromatic heterocycles. The van der Waals surface area contributed by atoms with Gasteiger partial charge in [-0.3, -0.25) is 19.5 Å². The first-order chi connectivity index (χ1) is 15.1. The molecule has 1 saturated carbocycles. The van der Waals surface area contributed by atoms with Crippen LogP contribution in [0, 0.1) is 12.8 Å². The molecule has 1 atom stereocenters. The van der Waals surface area contributed by atoms with Crippen molar-refractivity contribution in [3.8, 4) is 0 Å². The van der Waals surface area contributed by atoms with Crippen molar-refractivity contribution in [1.29, 1.82) is 0 Å². The molecule has 2 aliphatic heterocycles. The number of hydrogen-bond donors (Lipinski definition) is 5. The molecule has 0 bridgehead atoms. The van der Waals surface area contributed by atoms with Gasteiger partial charge in [-0.1, -0.05) is 0 Å². The Morgan fingerprint density at radius 3 is 2.84 bits per heavy atom. The summed E-state index contributed by atoms with van der Waals surface area (Å²) in [5, 5.41) is 13.6. The average molecular weight is 438 g/mol. The molecule has 6 N–H and O–H groups in total. The van der Waals surface area contributed by atoms with Gasteiger partial charge < -0.3 is 11.1 Å². The molecule has 31 heavy (non-hydrogen) atoms. The maximum absolute atomic E-state index is 11.9. The second-order valence-corrected chi connectivity index (χ2v) is 8.99. The Balaban J connectivity index is 1.31. The van der Waals surface area contributed by atoms with Crippen LogP contribution in [0.4, 0.5) is 11.5 Å². The van der Waals surface area contributed by atoms with Crippen molar-refractivity contribution in [3.63, 3.8) is 0 Å². The van der Waals surface area contributed by atoms with Gasteiger partial charge in [0.05, 0.1) is 6.20 Å². The summed E-state index contributed by atoms with van der Waals surface area (Å²) in [6.07, 6.45) is 6.10. The van der Waals surface area contributed by atoms with E-state index < -0.39 is 0 Å². The first-order valence-corrected chi connectivity index (χ1v) is 11.1. The average Bonchev–Trinajstić information content (AvgIpc) is 3.41. The number of nitrogens with one attached hydrogen (secondary N) is 4. The van der Waals surface area contributed by atoms with Gasteiger partial charge in [0.2, 0.25) is 17.6 Å². The van der Waals surface area contributed by atoms with E-state index in [1.807, 2.05) is 43.5 Å². The highest BCUT2D eigenvalue weighted by Gasteiger charge is 2.34. The Labute approximate surface area is 184 Å². The topological polar surface area (TPSA) is 116 Å². The van der Waals surface area contributed by atoms with Gasteiger partial charge >= 0.3 is 0 Å². The number of H-pyrrole nitrogens is 1. The van der Waals surface area contributed by atoms with Crippen LogP contribution in [0.2, 0.25) is 0 Å². The quantitative estimate of drug-likeness (QED) is 0.418. The normalized spacial score (nSPS) is 20.0. The van der Waals surface area contributed by atoms with E-state index in [2.05, 4.69) is 31.3 Å².